The lowest BCUT2D eigenvalue weighted by atomic mass is 10.2. The Morgan fingerprint density at radius 2 is 1.55 bits per heavy atom. The molecule has 0 aromatic heterocycles. The minimum atomic E-state index is -4.99. The Kier molecular flexibility index (Phi) is 8.00. The van der Waals surface area contributed by atoms with Gasteiger partial charge in [-0.15, -0.1) is 0 Å². The third-order valence-corrected chi connectivity index (χ3v) is 5.81. The standard InChI is InChI=1S/C16H23NO10S2/c1-16(2,3)26-14(18)17(27-15(19)25-11-10-24-4)29(22,23)13-9-7-6-8-12(13)28(5,20)21/h6-9H,10-11H2,1-5H3. The SMILES string of the molecule is COCCOC(=O)ON(C(=O)OC(C)(C)C)S(=O)(=O)c1ccccc1S(C)(=O)=O. The predicted molar refractivity (Wildman–Crippen MR) is 99.1 cm³/mol. The number of sulfonamides is 1. The maximum Gasteiger partial charge on any atom is 0.534 e. The first kappa shape index (κ1) is 24.7. The smallest absolute Gasteiger partial charge is 0.441 e. The minimum absolute atomic E-state index is 0.00873. The van der Waals surface area contributed by atoms with Gasteiger partial charge in [-0.25, -0.2) is 18.0 Å². The molecule has 0 aliphatic carbocycles. The number of nitrogens with zero attached hydrogens (tertiary/aromatic N) is 1. The van der Waals surface area contributed by atoms with E-state index in [0.29, 0.717) is 0 Å². The third kappa shape index (κ3) is 7.18. The largest absolute Gasteiger partial charge is 0.534 e. The molecule has 0 aliphatic rings. The topological polar surface area (TPSA) is 143 Å². The van der Waals surface area contributed by atoms with Crippen molar-refractivity contribution in [2.24, 2.45) is 0 Å². The second-order valence-electron chi connectivity index (χ2n) is 6.61. The van der Waals surface area contributed by atoms with Crippen molar-refractivity contribution in [3.05, 3.63) is 24.3 Å². The van der Waals surface area contributed by atoms with Crippen LogP contribution in [0.25, 0.3) is 0 Å². The fraction of sp³-hybridized carbons (Fsp3) is 0.500. The summed E-state index contributed by atoms with van der Waals surface area (Å²) in [5.74, 6) is 0. The monoisotopic (exact) mass is 453 g/mol. The Balaban J connectivity index is 3.41. The van der Waals surface area contributed by atoms with Crippen molar-refractivity contribution in [2.45, 2.75) is 36.2 Å². The van der Waals surface area contributed by atoms with Crippen LogP contribution in [0.3, 0.4) is 0 Å². The molecule has 13 heteroatoms. The molecule has 0 radical (unpaired) electrons. The number of hydrogen-bond acceptors (Lipinski definition) is 10. The van der Waals surface area contributed by atoms with E-state index in [1.54, 1.807) is 0 Å². The van der Waals surface area contributed by atoms with E-state index in [4.69, 9.17) is 4.74 Å². The highest BCUT2D eigenvalue weighted by Crippen LogP contribution is 2.26. The van der Waals surface area contributed by atoms with Gasteiger partial charge in [0.1, 0.15) is 17.1 Å². The molecule has 0 heterocycles. The van der Waals surface area contributed by atoms with E-state index in [-0.39, 0.29) is 17.7 Å². The lowest BCUT2D eigenvalue weighted by molar-refractivity contribution is -0.0755. The zero-order valence-corrected chi connectivity index (χ0v) is 18.2. The fourth-order valence-electron chi connectivity index (χ4n) is 1.84. The van der Waals surface area contributed by atoms with Gasteiger partial charge >= 0.3 is 22.3 Å². The van der Waals surface area contributed by atoms with E-state index in [9.17, 15) is 26.4 Å². The van der Waals surface area contributed by atoms with Crippen LogP contribution < -0.4 is 0 Å². The number of hydroxylamine groups is 1. The number of ether oxygens (including phenoxy) is 3. The van der Waals surface area contributed by atoms with Crippen molar-refractivity contribution in [1.82, 2.24) is 4.47 Å². The molecule has 0 saturated carbocycles. The number of benzene rings is 1. The first-order chi connectivity index (χ1) is 13.2. The summed E-state index contributed by atoms with van der Waals surface area (Å²) in [6.07, 6.45) is -2.31. The number of carbonyl (C=O) groups excluding carboxylic acids is 2. The number of hydrogen-bond donors (Lipinski definition) is 0. The predicted octanol–water partition coefficient (Wildman–Crippen LogP) is 1.73. The van der Waals surface area contributed by atoms with E-state index in [2.05, 4.69) is 14.3 Å². The molecule has 29 heavy (non-hydrogen) atoms. The van der Waals surface area contributed by atoms with Gasteiger partial charge in [0.2, 0.25) is 0 Å². The molecule has 1 rings (SSSR count). The number of amides is 1. The third-order valence-electron chi connectivity index (χ3n) is 2.95. The van der Waals surface area contributed by atoms with Gasteiger partial charge < -0.3 is 14.2 Å². The Bertz CT molecular complexity index is 948. The molecule has 1 amide bonds. The van der Waals surface area contributed by atoms with Gasteiger partial charge in [0, 0.05) is 13.4 Å². The van der Waals surface area contributed by atoms with Gasteiger partial charge in [0.05, 0.1) is 11.5 Å². The van der Waals surface area contributed by atoms with Crippen LogP contribution in [0.4, 0.5) is 9.59 Å². The number of carbonyl (C=O) groups is 2. The van der Waals surface area contributed by atoms with Gasteiger partial charge in [-0.3, -0.25) is 4.84 Å². The average Bonchev–Trinajstić information content (AvgIpc) is 2.57. The van der Waals surface area contributed by atoms with Crippen LogP contribution in [-0.4, -0.2) is 65.7 Å². The van der Waals surface area contributed by atoms with Crippen molar-refractivity contribution < 1.29 is 45.5 Å². The van der Waals surface area contributed by atoms with Crippen LogP contribution in [0.1, 0.15) is 20.8 Å². The second-order valence-corrected chi connectivity index (χ2v) is 10.3. The molecule has 0 saturated heterocycles. The Morgan fingerprint density at radius 3 is 2.03 bits per heavy atom. The van der Waals surface area contributed by atoms with Gasteiger partial charge in [0.25, 0.3) is 0 Å². The number of methoxy groups -OCH3 is 1. The van der Waals surface area contributed by atoms with E-state index in [1.165, 1.54) is 40.0 Å². The lowest BCUT2D eigenvalue weighted by Gasteiger charge is -2.25. The first-order valence-corrected chi connectivity index (χ1v) is 11.4. The molecule has 0 N–H and O–H groups in total. The number of rotatable bonds is 6. The zero-order chi connectivity index (χ0) is 22.5. The fourth-order valence-corrected chi connectivity index (χ4v) is 4.52. The van der Waals surface area contributed by atoms with Gasteiger partial charge in [-0.1, -0.05) is 12.1 Å². The van der Waals surface area contributed by atoms with Gasteiger partial charge in [0.15, 0.2) is 9.84 Å². The number of sulfone groups is 1. The quantitative estimate of drug-likeness (QED) is 0.355. The zero-order valence-electron chi connectivity index (χ0n) is 16.6. The average molecular weight is 453 g/mol. The van der Waals surface area contributed by atoms with Crippen LogP contribution in [0, 0.1) is 0 Å². The van der Waals surface area contributed by atoms with Gasteiger partial charge in [-0.2, -0.15) is 8.42 Å². The van der Waals surface area contributed by atoms with Crippen molar-refractivity contribution >= 4 is 32.1 Å². The Labute approximate surface area is 169 Å². The molecule has 164 valence electrons. The van der Waals surface area contributed by atoms with Crippen molar-refractivity contribution in [3.63, 3.8) is 0 Å². The van der Waals surface area contributed by atoms with Crippen LogP contribution in [0.5, 0.6) is 0 Å². The Morgan fingerprint density at radius 1 is 1.00 bits per heavy atom. The summed E-state index contributed by atoms with van der Waals surface area (Å²) in [5.41, 5.74) is -1.15. The van der Waals surface area contributed by atoms with Crippen LogP contribution >= 0.6 is 0 Å². The van der Waals surface area contributed by atoms with E-state index in [1.807, 2.05) is 0 Å². The molecule has 0 bridgehead atoms. The molecule has 0 atom stereocenters. The summed E-state index contributed by atoms with van der Waals surface area (Å²) in [6.45, 7) is 4.08. The van der Waals surface area contributed by atoms with Gasteiger partial charge in [-0.05, 0) is 37.4 Å². The van der Waals surface area contributed by atoms with Crippen LogP contribution in [-0.2, 0) is 38.9 Å². The summed E-state index contributed by atoms with van der Waals surface area (Å²) >= 11 is 0. The summed E-state index contributed by atoms with van der Waals surface area (Å²) in [4.78, 5) is 27.4. The van der Waals surface area contributed by atoms with E-state index < -0.39 is 47.5 Å². The lowest BCUT2D eigenvalue weighted by Crippen LogP contribution is -2.42. The molecule has 0 spiro atoms. The van der Waals surface area contributed by atoms with Crippen LogP contribution in [0.15, 0.2) is 34.1 Å². The minimum Gasteiger partial charge on any atom is -0.441 e. The summed E-state index contributed by atoms with van der Waals surface area (Å²) in [6, 6.07) is 4.52. The summed E-state index contributed by atoms with van der Waals surface area (Å²) in [7, 11) is -7.65. The summed E-state index contributed by atoms with van der Waals surface area (Å²) < 4.78 is 63.8. The van der Waals surface area contributed by atoms with Crippen molar-refractivity contribution in [3.8, 4) is 0 Å². The molecule has 1 aromatic carbocycles. The molecular weight excluding hydrogens is 430 g/mol. The molecule has 0 aliphatic heterocycles. The molecular formula is C16H23NO10S2. The first-order valence-electron chi connectivity index (χ1n) is 8.11. The molecule has 0 unspecified atom stereocenters. The van der Waals surface area contributed by atoms with Crippen molar-refractivity contribution in [1.29, 1.82) is 0 Å². The molecule has 0 fully saturated rings. The maximum absolute atomic E-state index is 13.0. The van der Waals surface area contributed by atoms with E-state index >= 15 is 0 Å². The summed E-state index contributed by atoms with van der Waals surface area (Å²) in [5, 5.41) is 0. The Hall–Kier alpha value is -2.38. The highest BCUT2D eigenvalue weighted by molar-refractivity contribution is 7.93. The highest BCUT2D eigenvalue weighted by atomic mass is 32.2. The van der Waals surface area contributed by atoms with Crippen molar-refractivity contribution in [2.75, 3.05) is 26.6 Å². The van der Waals surface area contributed by atoms with Crippen LogP contribution in [0.2, 0.25) is 0 Å². The maximum atomic E-state index is 13.0. The molecule has 1 aromatic rings. The second kappa shape index (κ2) is 9.41. The normalized spacial score (nSPS) is 12.2. The highest BCUT2D eigenvalue weighted by Gasteiger charge is 2.40. The molecule has 11 nitrogen and oxygen atoms in total. The van der Waals surface area contributed by atoms with E-state index in [0.717, 1.165) is 18.4 Å².